The van der Waals surface area contributed by atoms with Crippen LogP contribution >= 0.6 is 0 Å². The number of rotatable bonds is 6. The molecule has 4 fully saturated rings. The van der Waals surface area contributed by atoms with Crippen molar-refractivity contribution in [3.8, 4) is 0 Å². The summed E-state index contributed by atoms with van der Waals surface area (Å²) in [5, 5.41) is 3.35. The van der Waals surface area contributed by atoms with Crippen LogP contribution in [0.2, 0.25) is 0 Å². The Balaban J connectivity index is 1.16. The van der Waals surface area contributed by atoms with Crippen LogP contribution in [0, 0.1) is 24.7 Å². The molecule has 4 bridgehead atoms. The van der Waals surface area contributed by atoms with Gasteiger partial charge in [0, 0.05) is 17.1 Å². The quantitative estimate of drug-likeness (QED) is 0.406. The highest BCUT2D eigenvalue weighted by atomic mass is 32.2. The van der Waals surface area contributed by atoms with Crippen LogP contribution in [-0.2, 0) is 15.4 Å². The van der Waals surface area contributed by atoms with Crippen molar-refractivity contribution in [1.82, 2.24) is 0 Å². The molecular formula is C29H32N2O2S. The second-order valence-electron chi connectivity index (χ2n) is 10.8. The summed E-state index contributed by atoms with van der Waals surface area (Å²) in [6, 6.07) is 23.1. The van der Waals surface area contributed by atoms with Crippen molar-refractivity contribution < 1.29 is 8.42 Å². The first-order chi connectivity index (χ1) is 16.4. The van der Waals surface area contributed by atoms with Gasteiger partial charge in [-0.25, -0.2) is 8.42 Å². The van der Waals surface area contributed by atoms with Gasteiger partial charge in [-0.1, -0.05) is 30.3 Å². The summed E-state index contributed by atoms with van der Waals surface area (Å²) < 4.78 is 28.8. The number of hydrogen-bond donors (Lipinski definition) is 2. The highest BCUT2D eigenvalue weighted by Crippen LogP contribution is 2.60. The third-order valence-corrected chi connectivity index (χ3v) is 9.77. The molecule has 2 N–H and O–H groups in total. The van der Waals surface area contributed by atoms with Gasteiger partial charge in [-0.15, -0.1) is 0 Å². The molecule has 0 saturated heterocycles. The van der Waals surface area contributed by atoms with Gasteiger partial charge >= 0.3 is 0 Å². The second-order valence-corrected chi connectivity index (χ2v) is 12.5. The summed E-state index contributed by atoms with van der Waals surface area (Å²) >= 11 is 0. The predicted molar refractivity (Wildman–Crippen MR) is 138 cm³/mol. The summed E-state index contributed by atoms with van der Waals surface area (Å²) in [5.74, 6) is 2.69. The minimum atomic E-state index is -3.65. The van der Waals surface area contributed by atoms with E-state index in [1.165, 1.54) is 44.1 Å². The van der Waals surface area contributed by atoms with Crippen LogP contribution in [0.15, 0.2) is 77.7 Å². The maximum Gasteiger partial charge on any atom is 0.261 e. The average Bonchev–Trinajstić information content (AvgIpc) is 2.80. The van der Waals surface area contributed by atoms with Crippen LogP contribution < -0.4 is 10.0 Å². The Morgan fingerprint density at radius 3 is 1.88 bits per heavy atom. The first-order valence-corrected chi connectivity index (χ1v) is 13.9. The van der Waals surface area contributed by atoms with E-state index in [-0.39, 0.29) is 4.90 Å². The van der Waals surface area contributed by atoms with Crippen LogP contribution in [0.4, 0.5) is 17.1 Å². The lowest BCUT2D eigenvalue weighted by Gasteiger charge is -2.57. The van der Waals surface area contributed by atoms with Gasteiger partial charge in [0.15, 0.2) is 0 Å². The van der Waals surface area contributed by atoms with Crippen LogP contribution in [0.3, 0.4) is 0 Å². The molecule has 0 heterocycles. The molecule has 4 aliphatic rings. The van der Waals surface area contributed by atoms with E-state index in [1.54, 1.807) is 24.3 Å². The first-order valence-electron chi connectivity index (χ1n) is 12.4. The Morgan fingerprint density at radius 1 is 0.735 bits per heavy atom. The highest BCUT2D eigenvalue weighted by Gasteiger charge is 2.51. The summed E-state index contributed by atoms with van der Waals surface area (Å²) in [5.41, 5.74) is 5.35. The van der Waals surface area contributed by atoms with Crippen molar-refractivity contribution in [2.75, 3.05) is 10.0 Å². The third-order valence-electron chi connectivity index (χ3n) is 8.38. The van der Waals surface area contributed by atoms with Crippen molar-refractivity contribution in [3.63, 3.8) is 0 Å². The van der Waals surface area contributed by atoms with Crippen LogP contribution in [0.1, 0.15) is 49.7 Å². The molecule has 3 aromatic carbocycles. The van der Waals surface area contributed by atoms with Crippen LogP contribution in [0.25, 0.3) is 0 Å². The van der Waals surface area contributed by atoms with Crippen molar-refractivity contribution in [2.45, 2.75) is 55.8 Å². The lowest BCUT2D eigenvalue weighted by molar-refractivity contribution is -0.00518. The fraction of sp³-hybridized carbons (Fsp3) is 0.379. The molecule has 4 saturated carbocycles. The zero-order valence-corrected chi connectivity index (χ0v) is 20.4. The van der Waals surface area contributed by atoms with E-state index in [0.717, 1.165) is 34.7 Å². The maximum atomic E-state index is 13.0. The summed E-state index contributed by atoms with van der Waals surface area (Å²) in [6.45, 7) is 2.04. The Hall–Kier alpha value is -2.79. The Bertz CT molecular complexity index is 1260. The normalized spacial score (nSPS) is 27.5. The lowest BCUT2D eigenvalue weighted by atomic mass is 9.48. The molecule has 7 rings (SSSR count). The topological polar surface area (TPSA) is 58.2 Å². The fourth-order valence-corrected chi connectivity index (χ4v) is 8.21. The second kappa shape index (κ2) is 8.16. The fourth-order valence-electron chi connectivity index (χ4n) is 7.16. The van der Waals surface area contributed by atoms with E-state index in [4.69, 9.17) is 0 Å². The zero-order chi connectivity index (χ0) is 23.3. The standard InChI is InChI=1S/C29H32N2O2S/c1-20-4-2-3-5-28(20)30-25-10-12-27(13-11-25)34(32,33)31-26-8-6-24(7-9-26)29-17-21-14-22(18-29)16-23(15-21)19-29/h2-13,21-23,30-31H,14-19H2,1H3. The molecule has 3 aromatic rings. The molecule has 0 spiro atoms. The maximum absolute atomic E-state index is 13.0. The SMILES string of the molecule is Cc1ccccc1Nc1ccc(S(=O)(=O)Nc2ccc(C34CC5CC(CC(C5)C3)C4)cc2)cc1. The largest absolute Gasteiger partial charge is 0.355 e. The van der Waals surface area contributed by atoms with Gasteiger partial charge in [-0.3, -0.25) is 4.72 Å². The number of para-hydroxylation sites is 1. The Morgan fingerprint density at radius 2 is 1.29 bits per heavy atom. The number of aryl methyl sites for hydroxylation is 1. The average molecular weight is 473 g/mol. The molecular weight excluding hydrogens is 440 g/mol. The van der Waals surface area contributed by atoms with Crippen molar-refractivity contribution in [3.05, 3.63) is 83.9 Å². The lowest BCUT2D eigenvalue weighted by Crippen LogP contribution is -2.48. The van der Waals surface area contributed by atoms with Crippen LogP contribution in [-0.4, -0.2) is 8.42 Å². The third kappa shape index (κ3) is 4.00. The molecule has 0 amide bonds. The molecule has 0 atom stereocenters. The smallest absolute Gasteiger partial charge is 0.261 e. The van der Waals surface area contributed by atoms with Gasteiger partial charge < -0.3 is 5.32 Å². The van der Waals surface area contributed by atoms with Crippen LogP contribution in [0.5, 0.6) is 0 Å². The van der Waals surface area contributed by atoms with E-state index in [0.29, 0.717) is 11.1 Å². The molecule has 0 aromatic heterocycles. The number of benzene rings is 3. The van der Waals surface area contributed by atoms with E-state index in [9.17, 15) is 8.42 Å². The molecule has 0 unspecified atom stereocenters. The minimum absolute atomic E-state index is 0.257. The van der Waals surface area contributed by atoms with E-state index < -0.39 is 10.0 Å². The first kappa shape index (κ1) is 21.7. The Kier molecular flexibility index (Phi) is 5.21. The molecule has 4 nitrogen and oxygen atoms in total. The van der Waals surface area contributed by atoms with E-state index in [1.807, 2.05) is 43.3 Å². The summed E-state index contributed by atoms with van der Waals surface area (Å²) in [4.78, 5) is 0.257. The van der Waals surface area contributed by atoms with Crippen molar-refractivity contribution in [2.24, 2.45) is 17.8 Å². The number of anilines is 3. The summed E-state index contributed by atoms with van der Waals surface area (Å²) in [6.07, 6.45) is 8.22. The van der Waals surface area contributed by atoms with Crippen molar-refractivity contribution >= 4 is 27.1 Å². The highest BCUT2D eigenvalue weighted by molar-refractivity contribution is 7.92. The predicted octanol–water partition coefficient (Wildman–Crippen LogP) is 7.01. The zero-order valence-electron chi connectivity index (χ0n) is 19.6. The number of hydrogen-bond acceptors (Lipinski definition) is 3. The molecule has 0 aliphatic heterocycles. The van der Waals surface area contributed by atoms with Gasteiger partial charge in [0.1, 0.15) is 0 Å². The molecule has 5 heteroatoms. The van der Waals surface area contributed by atoms with Gasteiger partial charge in [-0.2, -0.15) is 0 Å². The van der Waals surface area contributed by atoms with Gasteiger partial charge in [0.2, 0.25) is 0 Å². The molecule has 4 aliphatic carbocycles. The van der Waals surface area contributed by atoms with Gasteiger partial charge in [0.25, 0.3) is 10.0 Å². The molecule has 176 valence electrons. The minimum Gasteiger partial charge on any atom is -0.355 e. The van der Waals surface area contributed by atoms with Gasteiger partial charge in [-0.05, 0) is 122 Å². The summed E-state index contributed by atoms with van der Waals surface area (Å²) in [7, 11) is -3.65. The molecule has 0 radical (unpaired) electrons. The van der Waals surface area contributed by atoms with E-state index in [2.05, 4.69) is 22.2 Å². The van der Waals surface area contributed by atoms with Crippen molar-refractivity contribution in [1.29, 1.82) is 0 Å². The Labute approximate surface area is 202 Å². The molecule has 34 heavy (non-hydrogen) atoms. The van der Waals surface area contributed by atoms with E-state index >= 15 is 0 Å². The number of sulfonamides is 1. The number of nitrogens with one attached hydrogen (secondary N) is 2. The van der Waals surface area contributed by atoms with Gasteiger partial charge in [0.05, 0.1) is 4.90 Å². The monoisotopic (exact) mass is 472 g/mol.